The van der Waals surface area contributed by atoms with Crippen molar-refractivity contribution in [3.05, 3.63) is 54.0 Å². The Bertz CT molecular complexity index is 699. The summed E-state index contributed by atoms with van der Waals surface area (Å²) in [6.07, 6.45) is 4.12. The van der Waals surface area contributed by atoms with Crippen molar-refractivity contribution in [3.8, 4) is 0 Å². The van der Waals surface area contributed by atoms with E-state index in [-0.39, 0.29) is 17.1 Å². The molecule has 8 heteroatoms. The molecule has 2 N–H and O–H groups in total. The zero-order chi connectivity index (χ0) is 14.6. The molecule has 2 heterocycles. The molecule has 0 spiro atoms. The molecule has 0 amide bonds. The molecular weight excluding hydrogens is 282 g/mol. The number of aromatic nitrogens is 2. The summed E-state index contributed by atoms with van der Waals surface area (Å²) in [7, 11) is -3.78. The van der Waals surface area contributed by atoms with Crippen LogP contribution in [0.2, 0.25) is 0 Å². The quantitative estimate of drug-likeness (QED) is 0.837. The number of carbonyl (C=O) groups is 1. The van der Waals surface area contributed by atoms with E-state index in [2.05, 4.69) is 14.7 Å². The zero-order valence-electron chi connectivity index (χ0n) is 10.2. The van der Waals surface area contributed by atoms with Crippen molar-refractivity contribution in [3.63, 3.8) is 0 Å². The van der Waals surface area contributed by atoms with E-state index < -0.39 is 16.0 Å². The zero-order valence-corrected chi connectivity index (χ0v) is 11.0. The van der Waals surface area contributed by atoms with Gasteiger partial charge in [0.2, 0.25) is 0 Å². The highest BCUT2D eigenvalue weighted by Crippen LogP contribution is 2.07. The minimum atomic E-state index is -3.78. The number of hydrogen-bond acceptors (Lipinski definition) is 5. The number of sulfonamides is 1. The maximum atomic E-state index is 11.9. The Kier molecular flexibility index (Phi) is 4.06. The van der Waals surface area contributed by atoms with E-state index in [4.69, 9.17) is 5.11 Å². The van der Waals surface area contributed by atoms with Gasteiger partial charge in [0.1, 0.15) is 0 Å². The molecule has 104 valence electrons. The molecule has 20 heavy (non-hydrogen) atoms. The standard InChI is InChI=1S/C12H11N3O4S/c16-12(17)10-1-2-11(14-8-10)20(18,19)15-7-9-3-5-13-6-4-9/h1-6,8,15H,7H2,(H,16,17). The lowest BCUT2D eigenvalue weighted by Gasteiger charge is -2.06. The minimum absolute atomic E-state index is 0.0712. The highest BCUT2D eigenvalue weighted by atomic mass is 32.2. The van der Waals surface area contributed by atoms with E-state index in [1.165, 1.54) is 6.07 Å². The van der Waals surface area contributed by atoms with Gasteiger partial charge in [0, 0.05) is 25.1 Å². The number of pyridine rings is 2. The summed E-state index contributed by atoms with van der Waals surface area (Å²) in [6, 6.07) is 5.71. The third-order valence-electron chi connectivity index (χ3n) is 2.47. The first kappa shape index (κ1) is 14.1. The van der Waals surface area contributed by atoms with E-state index in [9.17, 15) is 13.2 Å². The number of aromatic carboxylic acids is 1. The second-order valence-corrected chi connectivity index (χ2v) is 5.58. The molecule has 0 unspecified atom stereocenters. The Balaban J connectivity index is 2.12. The van der Waals surface area contributed by atoms with Crippen LogP contribution in [0.1, 0.15) is 15.9 Å². The van der Waals surface area contributed by atoms with Crippen molar-refractivity contribution in [2.75, 3.05) is 0 Å². The van der Waals surface area contributed by atoms with Gasteiger partial charge < -0.3 is 5.11 Å². The normalized spacial score (nSPS) is 11.2. The molecule has 2 aromatic rings. The number of nitrogens with one attached hydrogen (secondary N) is 1. The number of carboxylic acids is 1. The first-order valence-corrected chi connectivity index (χ1v) is 7.05. The number of carboxylic acid groups (broad SMARTS) is 1. The van der Waals surface area contributed by atoms with Crippen molar-refractivity contribution < 1.29 is 18.3 Å². The molecule has 0 radical (unpaired) electrons. The molecule has 2 rings (SSSR count). The van der Waals surface area contributed by atoms with Gasteiger partial charge in [-0.3, -0.25) is 4.98 Å². The monoisotopic (exact) mass is 293 g/mol. The van der Waals surface area contributed by atoms with Crippen LogP contribution in [0.5, 0.6) is 0 Å². The second-order valence-electron chi connectivity index (χ2n) is 3.87. The first-order chi connectivity index (χ1) is 9.49. The summed E-state index contributed by atoms with van der Waals surface area (Å²) in [5.41, 5.74) is 0.684. The van der Waals surface area contributed by atoms with Crippen LogP contribution in [-0.4, -0.2) is 29.5 Å². The van der Waals surface area contributed by atoms with E-state index in [1.54, 1.807) is 24.5 Å². The van der Waals surface area contributed by atoms with Crippen LogP contribution in [0, 0.1) is 0 Å². The van der Waals surface area contributed by atoms with E-state index in [0.717, 1.165) is 17.8 Å². The summed E-state index contributed by atoms with van der Waals surface area (Å²) in [4.78, 5) is 18.1. The number of rotatable bonds is 5. The predicted molar refractivity (Wildman–Crippen MR) is 69.5 cm³/mol. The van der Waals surface area contributed by atoms with Gasteiger partial charge in [-0.2, -0.15) is 0 Å². The number of nitrogens with zero attached hydrogens (tertiary/aromatic N) is 2. The summed E-state index contributed by atoms with van der Waals surface area (Å²) in [5, 5.41) is 8.49. The highest BCUT2D eigenvalue weighted by Gasteiger charge is 2.16. The van der Waals surface area contributed by atoms with Crippen molar-refractivity contribution >= 4 is 16.0 Å². The molecule has 0 aromatic carbocycles. The third-order valence-corrected chi connectivity index (χ3v) is 3.79. The van der Waals surface area contributed by atoms with Gasteiger partial charge in [-0.1, -0.05) is 0 Å². The molecule has 0 fully saturated rings. The lowest BCUT2D eigenvalue weighted by atomic mass is 10.3. The molecule has 0 saturated heterocycles. The summed E-state index contributed by atoms with van der Waals surface area (Å²) in [6.45, 7) is 0.104. The van der Waals surface area contributed by atoms with Crippen molar-refractivity contribution in [2.24, 2.45) is 0 Å². The fraction of sp³-hybridized carbons (Fsp3) is 0.0833. The second kappa shape index (κ2) is 5.76. The van der Waals surface area contributed by atoms with E-state index in [1.807, 2.05) is 0 Å². The SMILES string of the molecule is O=C(O)c1ccc(S(=O)(=O)NCc2ccncc2)nc1. The lowest BCUT2D eigenvalue weighted by molar-refractivity contribution is 0.0696. The fourth-order valence-electron chi connectivity index (χ4n) is 1.42. The first-order valence-electron chi connectivity index (χ1n) is 5.57. The van der Waals surface area contributed by atoms with Crippen molar-refractivity contribution in [1.82, 2.24) is 14.7 Å². The molecule has 0 atom stereocenters. The highest BCUT2D eigenvalue weighted by molar-refractivity contribution is 7.89. The van der Waals surface area contributed by atoms with E-state index >= 15 is 0 Å². The third kappa shape index (κ3) is 3.37. The van der Waals surface area contributed by atoms with Crippen LogP contribution in [0.15, 0.2) is 47.9 Å². The molecule has 0 saturated carbocycles. The Morgan fingerprint density at radius 3 is 2.45 bits per heavy atom. The van der Waals surface area contributed by atoms with Crippen LogP contribution in [0.25, 0.3) is 0 Å². The van der Waals surface area contributed by atoms with Gasteiger partial charge in [-0.15, -0.1) is 0 Å². The average Bonchev–Trinajstić information content (AvgIpc) is 2.46. The van der Waals surface area contributed by atoms with Crippen LogP contribution in [-0.2, 0) is 16.6 Å². The molecule has 0 aliphatic heterocycles. The van der Waals surface area contributed by atoms with Crippen LogP contribution >= 0.6 is 0 Å². The van der Waals surface area contributed by atoms with E-state index in [0.29, 0.717) is 0 Å². The van der Waals surface area contributed by atoms with Gasteiger partial charge in [0.05, 0.1) is 5.56 Å². The van der Waals surface area contributed by atoms with Crippen molar-refractivity contribution in [1.29, 1.82) is 0 Å². The Labute approximate surface area is 115 Å². The van der Waals surface area contributed by atoms with Crippen LogP contribution in [0.3, 0.4) is 0 Å². The molecule has 0 aliphatic rings. The fourth-order valence-corrected chi connectivity index (χ4v) is 2.36. The summed E-state index contributed by atoms with van der Waals surface area (Å²) in [5.74, 6) is -1.16. The van der Waals surface area contributed by atoms with Gasteiger partial charge in [-0.25, -0.2) is 22.9 Å². The lowest BCUT2D eigenvalue weighted by Crippen LogP contribution is -2.24. The molecular formula is C12H11N3O4S. The Hall–Kier alpha value is -2.32. The number of hydrogen-bond donors (Lipinski definition) is 2. The van der Waals surface area contributed by atoms with Gasteiger partial charge >= 0.3 is 5.97 Å². The molecule has 0 bridgehead atoms. The van der Waals surface area contributed by atoms with Crippen LogP contribution < -0.4 is 4.72 Å². The topological polar surface area (TPSA) is 109 Å². The summed E-state index contributed by atoms with van der Waals surface area (Å²) < 4.78 is 26.3. The van der Waals surface area contributed by atoms with Crippen LogP contribution in [0.4, 0.5) is 0 Å². The van der Waals surface area contributed by atoms with Gasteiger partial charge in [0.15, 0.2) is 5.03 Å². The van der Waals surface area contributed by atoms with Gasteiger partial charge in [-0.05, 0) is 29.8 Å². The smallest absolute Gasteiger partial charge is 0.337 e. The maximum absolute atomic E-state index is 11.9. The average molecular weight is 293 g/mol. The minimum Gasteiger partial charge on any atom is -0.478 e. The molecule has 2 aromatic heterocycles. The van der Waals surface area contributed by atoms with Crippen molar-refractivity contribution in [2.45, 2.75) is 11.6 Å². The predicted octanol–water partition coefficient (Wildman–Crippen LogP) is 0.653. The van der Waals surface area contributed by atoms with Gasteiger partial charge in [0.25, 0.3) is 10.0 Å². The molecule has 7 nitrogen and oxygen atoms in total. The maximum Gasteiger partial charge on any atom is 0.337 e. The Morgan fingerprint density at radius 1 is 1.20 bits per heavy atom. The summed E-state index contributed by atoms with van der Waals surface area (Å²) >= 11 is 0. The molecule has 0 aliphatic carbocycles. The Morgan fingerprint density at radius 2 is 1.90 bits per heavy atom. The largest absolute Gasteiger partial charge is 0.478 e.